The summed E-state index contributed by atoms with van der Waals surface area (Å²) in [5, 5.41) is 3.55. The van der Waals surface area contributed by atoms with Gasteiger partial charge in [0.2, 0.25) is 0 Å². The molecule has 1 N–H and O–H groups in total. The summed E-state index contributed by atoms with van der Waals surface area (Å²) in [6.45, 7) is 6.03. The lowest BCUT2D eigenvalue weighted by Gasteiger charge is -2.12. The van der Waals surface area contributed by atoms with Crippen LogP contribution >= 0.6 is 27.7 Å². The lowest BCUT2D eigenvalue weighted by atomic mass is 10.1. The smallest absolute Gasteiger partial charge is 0.275 e. The zero-order valence-electron chi connectivity index (χ0n) is 15.4. The van der Waals surface area contributed by atoms with Crippen LogP contribution in [0.2, 0.25) is 0 Å². The molecule has 1 aromatic heterocycles. The van der Waals surface area contributed by atoms with Gasteiger partial charge in [-0.3, -0.25) is 4.79 Å². The van der Waals surface area contributed by atoms with Crippen LogP contribution in [0.25, 0.3) is 0 Å². The third kappa shape index (κ3) is 4.76. The normalized spacial score (nSPS) is 10.7. The maximum absolute atomic E-state index is 12.8. The number of hydrogen-bond donors (Lipinski definition) is 1. The number of para-hydroxylation sites is 1. The van der Waals surface area contributed by atoms with E-state index in [2.05, 4.69) is 50.3 Å². The summed E-state index contributed by atoms with van der Waals surface area (Å²) < 4.78 is 0.575. The minimum absolute atomic E-state index is 0.251. The van der Waals surface area contributed by atoms with Crippen LogP contribution in [0.3, 0.4) is 0 Å². The van der Waals surface area contributed by atoms with Crippen LogP contribution < -0.4 is 5.32 Å². The Labute approximate surface area is 172 Å². The van der Waals surface area contributed by atoms with Gasteiger partial charge in [-0.15, -0.1) is 0 Å². The molecule has 1 amide bonds. The first kappa shape index (κ1) is 19.6. The number of anilines is 1. The van der Waals surface area contributed by atoms with E-state index < -0.39 is 0 Å². The Morgan fingerprint density at radius 1 is 1.04 bits per heavy atom. The van der Waals surface area contributed by atoms with Crippen molar-refractivity contribution < 1.29 is 4.79 Å². The van der Waals surface area contributed by atoms with Crippen LogP contribution in [0.1, 0.15) is 32.7 Å². The highest BCUT2D eigenvalue weighted by molar-refractivity contribution is 9.10. The van der Waals surface area contributed by atoms with E-state index in [1.807, 2.05) is 44.2 Å². The molecule has 0 fully saturated rings. The van der Waals surface area contributed by atoms with E-state index in [-0.39, 0.29) is 5.91 Å². The van der Waals surface area contributed by atoms with Gasteiger partial charge in [-0.25, -0.2) is 9.97 Å². The Morgan fingerprint density at radius 2 is 1.70 bits per heavy atom. The van der Waals surface area contributed by atoms with Gasteiger partial charge in [0.25, 0.3) is 5.91 Å². The topological polar surface area (TPSA) is 54.9 Å². The average Bonchev–Trinajstić information content (AvgIpc) is 2.65. The maximum Gasteiger partial charge on any atom is 0.275 e. The van der Waals surface area contributed by atoms with Gasteiger partial charge in [0.05, 0.1) is 4.47 Å². The lowest BCUT2D eigenvalue weighted by molar-refractivity contribution is 0.102. The molecule has 2 aromatic carbocycles. The number of halogens is 1. The molecule has 0 atom stereocenters. The van der Waals surface area contributed by atoms with Gasteiger partial charge in [0.15, 0.2) is 5.16 Å². The monoisotopic (exact) mass is 441 g/mol. The van der Waals surface area contributed by atoms with E-state index in [0.717, 1.165) is 22.6 Å². The fourth-order valence-electron chi connectivity index (χ4n) is 2.68. The summed E-state index contributed by atoms with van der Waals surface area (Å²) in [5.41, 5.74) is 5.65. The van der Waals surface area contributed by atoms with Crippen molar-refractivity contribution in [3.05, 3.63) is 81.1 Å². The van der Waals surface area contributed by atoms with Crippen molar-refractivity contribution in [2.45, 2.75) is 31.7 Å². The minimum Gasteiger partial charge on any atom is -0.320 e. The fourth-order valence-corrected chi connectivity index (χ4v) is 3.94. The van der Waals surface area contributed by atoms with Gasteiger partial charge in [-0.2, -0.15) is 0 Å². The molecule has 3 rings (SSSR count). The van der Waals surface area contributed by atoms with Gasteiger partial charge in [-0.1, -0.05) is 54.2 Å². The molecule has 0 radical (unpaired) electrons. The first-order chi connectivity index (χ1) is 13.0. The second-order valence-corrected chi connectivity index (χ2v) is 8.08. The van der Waals surface area contributed by atoms with E-state index in [4.69, 9.17) is 0 Å². The number of benzene rings is 2. The van der Waals surface area contributed by atoms with E-state index in [1.165, 1.54) is 22.9 Å². The van der Waals surface area contributed by atoms with Gasteiger partial charge in [0.1, 0.15) is 5.69 Å². The first-order valence-electron chi connectivity index (χ1n) is 8.53. The summed E-state index contributed by atoms with van der Waals surface area (Å²) in [5.74, 6) is 0.506. The van der Waals surface area contributed by atoms with Crippen LogP contribution in [0.15, 0.2) is 58.3 Å². The Hall–Kier alpha value is -2.18. The van der Waals surface area contributed by atoms with Crippen molar-refractivity contribution in [3.63, 3.8) is 0 Å². The van der Waals surface area contributed by atoms with Crippen molar-refractivity contribution >= 4 is 39.3 Å². The quantitative estimate of drug-likeness (QED) is 0.406. The van der Waals surface area contributed by atoms with Crippen molar-refractivity contribution in [2.75, 3.05) is 5.32 Å². The lowest BCUT2D eigenvalue weighted by Crippen LogP contribution is -2.16. The van der Waals surface area contributed by atoms with Crippen molar-refractivity contribution in [2.24, 2.45) is 0 Å². The molecule has 0 saturated carbocycles. The van der Waals surface area contributed by atoms with E-state index in [1.54, 1.807) is 6.20 Å². The van der Waals surface area contributed by atoms with Crippen LogP contribution in [-0.2, 0) is 5.75 Å². The number of hydrogen-bond acceptors (Lipinski definition) is 4. The molecule has 3 aromatic rings. The Morgan fingerprint density at radius 3 is 2.41 bits per heavy atom. The molecule has 0 spiro atoms. The highest BCUT2D eigenvalue weighted by Crippen LogP contribution is 2.25. The average molecular weight is 442 g/mol. The zero-order valence-corrected chi connectivity index (χ0v) is 17.8. The van der Waals surface area contributed by atoms with E-state index in [0.29, 0.717) is 15.3 Å². The largest absolute Gasteiger partial charge is 0.320 e. The van der Waals surface area contributed by atoms with Crippen molar-refractivity contribution in [1.29, 1.82) is 0 Å². The molecular weight excluding hydrogens is 422 g/mol. The molecule has 0 bridgehead atoms. The summed E-state index contributed by atoms with van der Waals surface area (Å²) in [6, 6.07) is 14.1. The van der Waals surface area contributed by atoms with Gasteiger partial charge in [-0.05, 0) is 59.0 Å². The maximum atomic E-state index is 12.8. The number of aryl methyl sites for hydroxylation is 3. The Bertz CT molecular complexity index is 971. The second-order valence-electron chi connectivity index (χ2n) is 6.29. The predicted molar refractivity (Wildman–Crippen MR) is 114 cm³/mol. The molecule has 27 heavy (non-hydrogen) atoms. The highest BCUT2D eigenvalue weighted by atomic mass is 79.9. The molecular formula is C21H20BrN3OS. The third-order valence-corrected chi connectivity index (χ3v) is 5.77. The number of nitrogens with one attached hydrogen (secondary N) is 1. The number of rotatable bonds is 5. The molecule has 0 aliphatic carbocycles. The number of amides is 1. The van der Waals surface area contributed by atoms with E-state index in [9.17, 15) is 4.79 Å². The summed E-state index contributed by atoms with van der Waals surface area (Å²) in [4.78, 5) is 21.6. The van der Waals surface area contributed by atoms with Gasteiger partial charge >= 0.3 is 0 Å². The predicted octanol–water partition coefficient (Wildman–Crippen LogP) is 5.71. The van der Waals surface area contributed by atoms with Crippen LogP contribution in [0, 0.1) is 20.8 Å². The molecule has 0 aliphatic heterocycles. The van der Waals surface area contributed by atoms with Gasteiger partial charge in [0, 0.05) is 17.6 Å². The number of carbonyl (C=O) groups excluding carboxylic acids is 1. The number of carbonyl (C=O) groups is 1. The number of thioether (sulfide) groups is 1. The molecule has 0 aliphatic rings. The van der Waals surface area contributed by atoms with Crippen LogP contribution in [0.5, 0.6) is 0 Å². The second kappa shape index (κ2) is 8.67. The molecule has 1 heterocycles. The summed E-state index contributed by atoms with van der Waals surface area (Å²) >= 11 is 4.91. The Kier molecular flexibility index (Phi) is 6.29. The molecule has 138 valence electrons. The first-order valence-corrected chi connectivity index (χ1v) is 10.3. The fraction of sp³-hybridized carbons (Fsp3) is 0.190. The highest BCUT2D eigenvalue weighted by Gasteiger charge is 2.16. The molecule has 0 saturated heterocycles. The van der Waals surface area contributed by atoms with Crippen molar-refractivity contribution in [3.8, 4) is 0 Å². The zero-order chi connectivity index (χ0) is 19.4. The molecule has 6 heteroatoms. The summed E-state index contributed by atoms with van der Waals surface area (Å²) in [7, 11) is 0. The minimum atomic E-state index is -0.251. The standard InChI is InChI=1S/C21H20BrN3OS/c1-13-7-4-5-10-16(13)12-27-21-23-11-17(22)19(25-21)20(26)24-18-14(2)8-6-9-15(18)3/h4-11H,12H2,1-3H3,(H,24,26). The van der Waals surface area contributed by atoms with Crippen LogP contribution in [-0.4, -0.2) is 15.9 Å². The summed E-state index contributed by atoms with van der Waals surface area (Å²) in [6.07, 6.45) is 1.63. The number of aromatic nitrogens is 2. The molecule has 4 nitrogen and oxygen atoms in total. The van der Waals surface area contributed by atoms with Crippen LogP contribution in [0.4, 0.5) is 5.69 Å². The molecule has 0 unspecified atom stereocenters. The SMILES string of the molecule is Cc1ccccc1CSc1ncc(Br)c(C(=O)Nc2c(C)cccc2C)n1. The van der Waals surface area contributed by atoms with Gasteiger partial charge < -0.3 is 5.32 Å². The Balaban J connectivity index is 1.79. The number of nitrogens with zero attached hydrogens (tertiary/aromatic N) is 2. The van der Waals surface area contributed by atoms with Crippen molar-refractivity contribution in [1.82, 2.24) is 9.97 Å². The van der Waals surface area contributed by atoms with E-state index >= 15 is 0 Å². The third-order valence-electron chi connectivity index (χ3n) is 4.27.